The molecule has 1 aliphatic heterocycles. The molecule has 1 atom stereocenters. The van der Waals surface area contributed by atoms with Crippen LogP contribution in [0.25, 0.3) is 22.4 Å². The van der Waals surface area contributed by atoms with Gasteiger partial charge in [0, 0.05) is 11.6 Å². The van der Waals surface area contributed by atoms with Gasteiger partial charge in [0.1, 0.15) is 11.4 Å². The lowest BCUT2D eigenvalue weighted by molar-refractivity contribution is 0.0218. The number of hydrogen-bond donors (Lipinski definition) is 1. The summed E-state index contributed by atoms with van der Waals surface area (Å²) >= 11 is 6.01. The summed E-state index contributed by atoms with van der Waals surface area (Å²) in [7, 11) is 0. The largest absolute Gasteiger partial charge is 0.444 e. The third-order valence-electron chi connectivity index (χ3n) is 5.40. The number of carbonyl (C=O) groups excluding carboxylic acids is 1. The molecule has 164 valence electrons. The molecule has 4 rings (SSSR count). The van der Waals surface area contributed by atoms with Gasteiger partial charge in [0.2, 0.25) is 0 Å². The summed E-state index contributed by atoms with van der Waals surface area (Å²) < 4.78 is 5.56. The van der Waals surface area contributed by atoms with Gasteiger partial charge in [-0.1, -0.05) is 41.9 Å². The standard InChI is InChI=1S/C25H25ClN4O2/c1-25(2,3)32-24(31)30-12-4-5-22(30)23-28-15-21(29-23)17-8-6-16(7-9-17)20-11-10-19(26)13-18(20)14-27/h6-11,13,15,22H,4-5,12H2,1-3H3,(H,28,29)/t22-/m0/s1. The highest BCUT2D eigenvalue weighted by atomic mass is 35.5. The molecule has 0 radical (unpaired) electrons. The Morgan fingerprint density at radius 1 is 1.22 bits per heavy atom. The first-order valence-corrected chi connectivity index (χ1v) is 11.0. The third-order valence-corrected chi connectivity index (χ3v) is 5.64. The van der Waals surface area contributed by atoms with E-state index in [1.807, 2.05) is 51.1 Å². The Morgan fingerprint density at radius 3 is 2.62 bits per heavy atom. The lowest BCUT2D eigenvalue weighted by Gasteiger charge is -2.27. The van der Waals surface area contributed by atoms with Crippen LogP contribution in [-0.4, -0.2) is 33.1 Å². The zero-order valence-electron chi connectivity index (χ0n) is 18.4. The van der Waals surface area contributed by atoms with E-state index in [9.17, 15) is 10.1 Å². The molecule has 7 heteroatoms. The monoisotopic (exact) mass is 448 g/mol. The Hall–Kier alpha value is -3.30. The van der Waals surface area contributed by atoms with Crippen molar-refractivity contribution in [3.8, 4) is 28.5 Å². The quantitative estimate of drug-likeness (QED) is 0.506. The Kier molecular flexibility index (Phi) is 5.94. The fourth-order valence-corrected chi connectivity index (χ4v) is 4.10. The fourth-order valence-electron chi connectivity index (χ4n) is 3.93. The van der Waals surface area contributed by atoms with Crippen LogP contribution in [0, 0.1) is 11.3 Å². The molecule has 1 amide bonds. The number of amides is 1. The van der Waals surface area contributed by atoms with Crippen LogP contribution in [0.5, 0.6) is 0 Å². The number of aromatic amines is 1. The second-order valence-corrected chi connectivity index (χ2v) is 9.33. The van der Waals surface area contributed by atoms with E-state index in [1.54, 1.807) is 23.2 Å². The van der Waals surface area contributed by atoms with Crippen molar-refractivity contribution in [3.05, 3.63) is 65.1 Å². The molecule has 1 aromatic heterocycles. The van der Waals surface area contributed by atoms with Gasteiger partial charge >= 0.3 is 6.09 Å². The van der Waals surface area contributed by atoms with Crippen LogP contribution in [-0.2, 0) is 4.74 Å². The fraction of sp³-hybridized carbons (Fsp3) is 0.320. The summed E-state index contributed by atoms with van der Waals surface area (Å²) in [5, 5.41) is 9.95. The van der Waals surface area contributed by atoms with Crippen molar-refractivity contribution >= 4 is 17.7 Å². The second-order valence-electron chi connectivity index (χ2n) is 8.89. The number of halogens is 1. The molecule has 1 aliphatic rings. The summed E-state index contributed by atoms with van der Waals surface area (Å²) in [6.07, 6.45) is 3.24. The predicted octanol–water partition coefficient (Wildman–Crippen LogP) is 6.34. The Balaban J connectivity index is 1.54. The summed E-state index contributed by atoms with van der Waals surface area (Å²) in [5.41, 5.74) is 3.63. The second kappa shape index (κ2) is 8.68. The number of imidazole rings is 1. The first kappa shape index (κ1) is 21.9. The van der Waals surface area contributed by atoms with Gasteiger partial charge in [0.05, 0.1) is 29.6 Å². The molecule has 6 nitrogen and oxygen atoms in total. The minimum Gasteiger partial charge on any atom is -0.444 e. The molecule has 1 saturated heterocycles. The maximum atomic E-state index is 12.6. The van der Waals surface area contributed by atoms with E-state index in [-0.39, 0.29) is 12.1 Å². The minimum atomic E-state index is -0.532. The van der Waals surface area contributed by atoms with Crippen molar-refractivity contribution < 1.29 is 9.53 Å². The molecule has 3 aromatic rings. The molecule has 2 aromatic carbocycles. The number of ether oxygens (including phenoxy) is 1. The average molecular weight is 449 g/mol. The Labute approximate surface area is 192 Å². The van der Waals surface area contributed by atoms with Crippen LogP contribution in [0.4, 0.5) is 4.79 Å². The maximum absolute atomic E-state index is 12.6. The zero-order valence-corrected chi connectivity index (χ0v) is 19.1. The maximum Gasteiger partial charge on any atom is 0.410 e. The number of rotatable bonds is 3. The van der Waals surface area contributed by atoms with Crippen molar-refractivity contribution in [1.82, 2.24) is 14.9 Å². The SMILES string of the molecule is CC(C)(C)OC(=O)N1CCC[C@H]1c1ncc(-c2ccc(-c3ccc(Cl)cc3C#N)cc2)[nH]1. The Morgan fingerprint density at radius 2 is 1.94 bits per heavy atom. The molecule has 0 spiro atoms. The Bertz CT molecular complexity index is 1170. The van der Waals surface area contributed by atoms with Crippen LogP contribution in [0.1, 0.15) is 51.0 Å². The lowest BCUT2D eigenvalue weighted by atomic mass is 9.99. The molecule has 2 heterocycles. The van der Waals surface area contributed by atoms with E-state index in [4.69, 9.17) is 16.3 Å². The van der Waals surface area contributed by atoms with E-state index in [0.29, 0.717) is 17.1 Å². The topological polar surface area (TPSA) is 82.0 Å². The number of nitriles is 1. The number of hydrogen-bond acceptors (Lipinski definition) is 4. The number of nitrogens with zero attached hydrogens (tertiary/aromatic N) is 3. The summed E-state index contributed by atoms with van der Waals surface area (Å²) in [5.74, 6) is 0.761. The van der Waals surface area contributed by atoms with Crippen molar-refractivity contribution in [2.24, 2.45) is 0 Å². The minimum absolute atomic E-state index is 0.120. The van der Waals surface area contributed by atoms with Gasteiger partial charge in [0.25, 0.3) is 0 Å². The number of benzene rings is 2. The summed E-state index contributed by atoms with van der Waals surface area (Å²) in [6, 6.07) is 15.3. The van der Waals surface area contributed by atoms with E-state index < -0.39 is 5.60 Å². The number of carbonyl (C=O) groups is 1. The predicted molar refractivity (Wildman–Crippen MR) is 124 cm³/mol. The molecule has 1 fully saturated rings. The summed E-state index contributed by atoms with van der Waals surface area (Å²) in [6.45, 7) is 6.27. The van der Waals surface area contributed by atoms with Crippen molar-refractivity contribution in [2.75, 3.05) is 6.54 Å². The van der Waals surface area contributed by atoms with E-state index in [2.05, 4.69) is 16.0 Å². The van der Waals surface area contributed by atoms with Gasteiger partial charge in [-0.3, -0.25) is 4.90 Å². The van der Waals surface area contributed by atoms with Gasteiger partial charge in [0.15, 0.2) is 0 Å². The van der Waals surface area contributed by atoms with E-state index in [1.165, 1.54) is 0 Å². The van der Waals surface area contributed by atoms with Gasteiger partial charge in [-0.15, -0.1) is 0 Å². The van der Waals surface area contributed by atoms with Crippen LogP contribution in [0.2, 0.25) is 5.02 Å². The highest BCUT2D eigenvalue weighted by Crippen LogP contribution is 2.33. The lowest BCUT2D eigenvalue weighted by Crippen LogP contribution is -2.36. The molecule has 0 aliphatic carbocycles. The molecule has 0 bridgehead atoms. The average Bonchev–Trinajstić information content (AvgIpc) is 3.42. The van der Waals surface area contributed by atoms with Crippen LogP contribution in [0.15, 0.2) is 48.7 Å². The van der Waals surface area contributed by atoms with Crippen LogP contribution in [0.3, 0.4) is 0 Å². The smallest absolute Gasteiger partial charge is 0.410 e. The number of aromatic nitrogens is 2. The van der Waals surface area contributed by atoms with Gasteiger partial charge in [-0.05, 0) is 62.4 Å². The third kappa shape index (κ3) is 4.63. The van der Waals surface area contributed by atoms with Crippen molar-refractivity contribution in [1.29, 1.82) is 5.26 Å². The van der Waals surface area contributed by atoms with E-state index >= 15 is 0 Å². The van der Waals surface area contributed by atoms with Gasteiger partial charge in [-0.25, -0.2) is 9.78 Å². The molecule has 32 heavy (non-hydrogen) atoms. The van der Waals surface area contributed by atoms with E-state index in [0.717, 1.165) is 41.1 Å². The highest BCUT2D eigenvalue weighted by Gasteiger charge is 2.34. The van der Waals surface area contributed by atoms with Crippen LogP contribution < -0.4 is 0 Å². The summed E-state index contributed by atoms with van der Waals surface area (Å²) in [4.78, 5) is 22.3. The van der Waals surface area contributed by atoms with Crippen LogP contribution >= 0.6 is 11.6 Å². The molecule has 0 unspecified atom stereocenters. The molecular formula is C25H25ClN4O2. The van der Waals surface area contributed by atoms with Gasteiger partial charge in [-0.2, -0.15) is 5.26 Å². The van der Waals surface area contributed by atoms with Crippen molar-refractivity contribution in [3.63, 3.8) is 0 Å². The highest BCUT2D eigenvalue weighted by molar-refractivity contribution is 6.30. The molecule has 1 N–H and O–H groups in total. The number of likely N-dealkylation sites (tertiary alicyclic amines) is 1. The number of nitrogens with one attached hydrogen (secondary N) is 1. The molecular weight excluding hydrogens is 424 g/mol. The van der Waals surface area contributed by atoms with Crippen molar-refractivity contribution in [2.45, 2.75) is 45.3 Å². The number of H-pyrrole nitrogens is 1. The first-order valence-electron chi connectivity index (χ1n) is 10.6. The first-order chi connectivity index (χ1) is 15.2. The molecule has 0 saturated carbocycles. The normalized spacial score (nSPS) is 16.1. The zero-order chi connectivity index (χ0) is 22.9. The van der Waals surface area contributed by atoms with Gasteiger partial charge < -0.3 is 9.72 Å².